The van der Waals surface area contributed by atoms with Crippen molar-refractivity contribution in [2.75, 3.05) is 5.32 Å². The highest BCUT2D eigenvalue weighted by molar-refractivity contribution is 9.10. The van der Waals surface area contributed by atoms with E-state index in [1.54, 1.807) is 24.3 Å². The number of aromatic carboxylic acids is 1. The minimum absolute atomic E-state index is 0.0684. The molecule has 2 aromatic rings. The second-order valence-corrected chi connectivity index (χ2v) is 4.53. The number of nitrogens with zero attached hydrogens (tertiary/aromatic N) is 1. The van der Waals surface area contributed by atoms with Crippen LogP contribution in [-0.2, 0) is 0 Å². The SMILES string of the molecule is O=C(O)c1ccc(NC(=O)c2ccccc2Br)nc1. The Morgan fingerprint density at radius 1 is 1.16 bits per heavy atom. The number of carbonyl (C=O) groups excluding carboxylic acids is 1. The van der Waals surface area contributed by atoms with Crippen molar-refractivity contribution >= 4 is 33.6 Å². The molecule has 0 saturated heterocycles. The van der Waals surface area contributed by atoms with Crippen LogP contribution in [-0.4, -0.2) is 22.0 Å². The van der Waals surface area contributed by atoms with Crippen LogP contribution in [0, 0.1) is 0 Å². The van der Waals surface area contributed by atoms with Crippen molar-refractivity contribution in [1.29, 1.82) is 0 Å². The van der Waals surface area contributed by atoms with Crippen LogP contribution in [0.4, 0.5) is 5.82 Å². The van der Waals surface area contributed by atoms with Crippen molar-refractivity contribution < 1.29 is 14.7 Å². The Bertz CT molecular complexity index is 626. The van der Waals surface area contributed by atoms with E-state index in [9.17, 15) is 9.59 Å². The van der Waals surface area contributed by atoms with Gasteiger partial charge in [0.05, 0.1) is 11.1 Å². The Morgan fingerprint density at radius 3 is 2.47 bits per heavy atom. The lowest BCUT2D eigenvalue weighted by molar-refractivity contribution is 0.0696. The predicted octanol–water partition coefficient (Wildman–Crippen LogP) is 2.79. The number of carboxylic acids is 1. The number of hydrogen-bond donors (Lipinski definition) is 2. The zero-order valence-electron chi connectivity index (χ0n) is 9.63. The molecule has 0 unspecified atom stereocenters. The number of benzene rings is 1. The number of nitrogens with one attached hydrogen (secondary N) is 1. The maximum atomic E-state index is 12.0. The second-order valence-electron chi connectivity index (χ2n) is 3.67. The molecule has 19 heavy (non-hydrogen) atoms. The molecular formula is C13H9BrN2O3. The average Bonchev–Trinajstić information content (AvgIpc) is 2.39. The molecule has 0 saturated carbocycles. The highest BCUT2D eigenvalue weighted by Gasteiger charge is 2.10. The highest BCUT2D eigenvalue weighted by atomic mass is 79.9. The lowest BCUT2D eigenvalue weighted by atomic mass is 10.2. The average molecular weight is 321 g/mol. The van der Waals surface area contributed by atoms with Gasteiger partial charge >= 0.3 is 5.97 Å². The van der Waals surface area contributed by atoms with Crippen LogP contribution in [0.2, 0.25) is 0 Å². The first-order valence-electron chi connectivity index (χ1n) is 5.33. The zero-order chi connectivity index (χ0) is 13.8. The van der Waals surface area contributed by atoms with Gasteiger partial charge in [-0.15, -0.1) is 0 Å². The Balaban J connectivity index is 2.15. The van der Waals surface area contributed by atoms with Crippen LogP contribution in [0.1, 0.15) is 20.7 Å². The topological polar surface area (TPSA) is 79.3 Å². The molecule has 0 fully saturated rings. The van der Waals surface area contributed by atoms with Crippen molar-refractivity contribution in [3.63, 3.8) is 0 Å². The van der Waals surface area contributed by atoms with Gasteiger partial charge in [-0.3, -0.25) is 4.79 Å². The molecule has 1 aromatic heterocycles. The molecule has 0 aliphatic heterocycles. The Morgan fingerprint density at radius 2 is 1.89 bits per heavy atom. The minimum atomic E-state index is -1.06. The number of amides is 1. The summed E-state index contributed by atoms with van der Waals surface area (Å²) >= 11 is 3.28. The van der Waals surface area contributed by atoms with Gasteiger partial charge in [0.1, 0.15) is 5.82 Å². The smallest absolute Gasteiger partial charge is 0.337 e. The van der Waals surface area contributed by atoms with Crippen LogP contribution in [0.3, 0.4) is 0 Å². The molecule has 2 rings (SSSR count). The van der Waals surface area contributed by atoms with Gasteiger partial charge in [-0.2, -0.15) is 0 Å². The number of anilines is 1. The van der Waals surface area contributed by atoms with Crippen LogP contribution in [0.25, 0.3) is 0 Å². The van der Waals surface area contributed by atoms with Crippen molar-refractivity contribution in [3.8, 4) is 0 Å². The molecule has 2 N–H and O–H groups in total. The van der Waals surface area contributed by atoms with Gasteiger partial charge in [0.15, 0.2) is 0 Å². The summed E-state index contributed by atoms with van der Waals surface area (Å²) in [5.74, 6) is -1.08. The quantitative estimate of drug-likeness (QED) is 0.911. The fourth-order valence-corrected chi connectivity index (χ4v) is 1.89. The molecule has 0 spiro atoms. The standard InChI is InChI=1S/C13H9BrN2O3/c14-10-4-2-1-3-9(10)12(17)16-11-6-5-8(7-15-11)13(18)19/h1-7H,(H,18,19)(H,15,16,17). The molecule has 96 valence electrons. The van der Waals surface area contributed by atoms with Crippen LogP contribution < -0.4 is 5.32 Å². The summed E-state index contributed by atoms with van der Waals surface area (Å²) < 4.78 is 0.676. The summed E-state index contributed by atoms with van der Waals surface area (Å²) in [4.78, 5) is 26.5. The van der Waals surface area contributed by atoms with Gasteiger partial charge in [0.2, 0.25) is 0 Å². The third-order valence-corrected chi connectivity index (χ3v) is 3.06. The van der Waals surface area contributed by atoms with Gasteiger partial charge < -0.3 is 10.4 Å². The van der Waals surface area contributed by atoms with Crippen molar-refractivity contribution in [3.05, 3.63) is 58.2 Å². The van der Waals surface area contributed by atoms with E-state index in [4.69, 9.17) is 5.11 Å². The van der Waals surface area contributed by atoms with Gasteiger partial charge in [0, 0.05) is 10.7 Å². The molecule has 1 heterocycles. The van der Waals surface area contributed by atoms with E-state index in [1.807, 2.05) is 0 Å². The Hall–Kier alpha value is -2.21. The first-order chi connectivity index (χ1) is 9.08. The van der Waals surface area contributed by atoms with Crippen LogP contribution >= 0.6 is 15.9 Å². The number of hydrogen-bond acceptors (Lipinski definition) is 3. The fraction of sp³-hybridized carbons (Fsp3) is 0. The number of rotatable bonds is 3. The molecule has 5 nitrogen and oxygen atoms in total. The zero-order valence-corrected chi connectivity index (χ0v) is 11.2. The van der Waals surface area contributed by atoms with Crippen molar-refractivity contribution in [2.45, 2.75) is 0 Å². The molecule has 0 bridgehead atoms. The molecule has 1 amide bonds. The van der Waals surface area contributed by atoms with Crippen molar-refractivity contribution in [1.82, 2.24) is 4.98 Å². The molecule has 0 atom stereocenters. The maximum Gasteiger partial charge on any atom is 0.337 e. The van der Waals surface area contributed by atoms with E-state index >= 15 is 0 Å². The van der Waals surface area contributed by atoms with Crippen LogP contribution in [0.15, 0.2) is 47.1 Å². The van der Waals surface area contributed by atoms with Crippen LogP contribution in [0.5, 0.6) is 0 Å². The molecule has 0 aliphatic carbocycles. The Labute approximate surface area is 117 Å². The van der Waals surface area contributed by atoms with Gasteiger partial charge in [-0.25, -0.2) is 9.78 Å². The maximum absolute atomic E-state index is 12.0. The lowest BCUT2D eigenvalue weighted by Crippen LogP contribution is -2.13. The van der Waals surface area contributed by atoms with E-state index in [0.717, 1.165) is 0 Å². The number of aromatic nitrogens is 1. The number of pyridine rings is 1. The van der Waals surface area contributed by atoms with E-state index in [0.29, 0.717) is 15.9 Å². The normalized spacial score (nSPS) is 9.95. The fourth-order valence-electron chi connectivity index (χ4n) is 1.42. The van der Waals surface area contributed by atoms with Crippen molar-refractivity contribution in [2.24, 2.45) is 0 Å². The summed E-state index contributed by atoms with van der Waals surface area (Å²) in [5.41, 5.74) is 0.547. The highest BCUT2D eigenvalue weighted by Crippen LogP contribution is 2.17. The van der Waals surface area contributed by atoms with Gasteiger partial charge in [-0.1, -0.05) is 12.1 Å². The summed E-state index contributed by atoms with van der Waals surface area (Å²) in [6.07, 6.45) is 1.19. The summed E-state index contributed by atoms with van der Waals surface area (Å²) in [6.45, 7) is 0. The monoisotopic (exact) mass is 320 g/mol. The summed E-state index contributed by atoms with van der Waals surface area (Å²) in [5, 5.41) is 11.3. The largest absolute Gasteiger partial charge is 0.478 e. The first-order valence-corrected chi connectivity index (χ1v) is 6.12. The number of carbonyl (C=O) groups is 2. The van der Waals surface area contributed by atoms with Gasteiger partial charge in [0.25, 0.3) is 5.91 Å². The molecule has 0 aliphatic rings. The van der Waals surface area contributed by atoms with E-state index < -0.39 is 5.97 Å². The van der Waals surface area contributed by atoms with E-state index in [2.05, 4.69) is 26.2 Å². The third-order valence-electron chi connectivity index (χ3n) is 2.37. The second kappa shape index (κ2) is 5.62. The predicted molar refractivity (Wildman–Crippen MR) is 73.3 cm³/mol. The lowest BCUT2D eigenvalue weighted by Gasteiger charge is -2.06. The minimum Gasteiger partial charge on any atom is -0.478 e. The molecule has 0 radical (unpaired) electrons. The summed E-state index contributed by atoms with van der Waals surface area (Å²) in [7, 11) is 0. The summed E-state index contributed by atoms with van der Waals surface area (Å²) in [6, 6.07) is 9.81. The third kappa shape index (κ3) is 3.17. The van der Waals surface area contributed by atoms with E-state index in [1.165, 1.54) is 18.3 Å². The van der Waals surface area contributed by atoms with E-state index in [-0.39, 0.29) is 11.5 Å². The molecule has 6 heteroatoms. The number of halogens is 1. The first kappa shape index (κ1) is 13.2. The molecular weight excluding hydrogens is 312 g/mol. The van der Waals surface area contributed by atoms with Gasteiger partial charge in [-0.05, 0) is 40.2 Å². The Kier molecular flexibility index (Phi) is 3.91. The molecule has 1 aromatic carbocycles. The number of carboxylic acid groups (broad SMARTS) is 1.